The largest absolute Gasteiger partial charge is 0.493 e. The second kappa shape index (κ2) is 13.0. The monoisotopic (exact) mass is 490 g/mol. The summed E-state index contributed by atoms with van der Waals surface area (Å²) in [6, 6.07) is 9.94. The van der Waals surface area contributed by atoms with Gasteiger partial charge in [0.2, 0.25) is 0 Å². The Morgan fingerprint density at radius 2 is 1.80 bits per heavy atom. The molecule has 3 nitrogen and oxygen atoms in total. The molecule has 2 atom stereocenters. The number of benzene rings is 2. The Morgan fingerprint density at radius 3 is 2.46 bits per heavy atom. The molecule has 1 saturated carbocycles. The van der Waals surface area contributed by atoms with Crippen LogP contribution in [-0.2, 0) is 4.79 Å². The Hall–Kier alpha value is -2.50. The van der Waals surface area contributed by atoms with Gasteiger partial charge in [0.25, 0.3) is 0 Å². The lowest BCUT2D eigenvalue weighted by atomic mass is 9.71. The van der Waals surface area contributed by atoms with E-state index in [0.29, 0.717) is 29.8 Å². The van der Waals surface area contributed by atoms with E-state index in [0.717, 1.165) is 63.0 Å². The molecule has 1 unspecified atom stereocenters. The minimum absolute atomic E-state index is 0.0674. The molecule has 1 aliphatic rings. The normalized spacial score (nSPS) is 19.8. The summed E-state index contributed by atoms with van der Waals surface area (Å²) in [6.45, 7) is 4.63. The summed E-state index contributed by atoms with van der Waals surface area (Å²) in [6.07, 6.45) is 5.71. The maximum Gasteiger partial charge on any atom is 0.338 e. The van der Waals surface area contributed by atoms with Gasteiger partial charge in [0, 0.05) is 11.1 Å². The first kappa shape index (κ1) is 27.1. The fourth-order valence-electron chi connectivity index (χ4n) is 5.36. The zero-order valence-electron chi connectivity index (χ0n) is 20.7. The zero-order chi connectivity index (χ0) is 25.4. The van der Waals surface area contributed by atoms with Crippen molar-refractivity contribution in [3.8, 4) is 16.9 Å². The Labute approximate surface area is 206 Å². The van der Waals surface area contributed by atoms with Gasteiger partial charge in [-0.15, -0.1) is 0 Å². The fraction of sp³-hybridized carbons (Fsp3) is 0.552. The van der Waals surface area contributed by atoms with Crippen LogP contribution >= 0.6 is 0 Å². The molecule has 0 heterocycles. The van der Waals surface area contributed by atoms with Crippen molar-refractivity contribution in [2.45, 2.75) is 83.7 Å². The Kier molecular flexibility index (Phi) is 10.1. The summed E-state index contributed by atoms with van der Waals surface area (Å²) in [4.78, 5) is 11.0. The summed E-state index contributed by atoms with van der Waals surface area (Å²) in [5.74, 6) is -1.88. The molecule has 35 heavy (non-hydrogen) atoms. The number of hydrogen-bond acceptors (Lipinski definition) is 2. The van der Waals surface area contributed by atoms with Gasteiger partial charge >= 0.3 is 5.97 Å². The standard InChI is InChI=1S/C29H37F3O3/c1-3-5-6-16-35-27-18-22(14-15-23(27)24-8-7-9-25(30)28(24)32)21-12-10-20(11-13-21)19(4-2)17-26(31)29(33)34/h7-9,14-15,18-21,26H,3-6,10-13,16-17H2,1-2H3,(H,33,34)/t19?,20-,21-,26-/m0/s1. The molecule has 0 amide bonds. The molecule has 2 aromatic rings. The molecule has 0 radical (unpaired) electrons. The summed E-state index contributed by atoms with van der Waals surface area (Å²) in [5, 5.41) is 8.94. The lowest BCUT2D eigenvalue weighted by Crippen LogP contribution is -2.26. The van der Waals surface area contributed by atoms with E-state index < -0.39 is 23.8 Å². The number of carboxylic acids is 1. The lowest BCUT2D eigenvalue weighted by molar-refractivity contribution is -0.143. The van der Waals surface area contributed by atoms with Gasteiger partial charge in [-0.3, -0.25) is 0 Å². The number of carboxylic acid groups (broad SMARTS) is 1. The average Bonchev–Trinajstić information content (AvgIpc) is 2.87. The molecule has 0 saturated heterocycles. The van der Waals surface area contributed by atoms with Crippen LogP contribution in [-0.4, -0.2) is 23.9 Å². The number of rotatable bonds is 12. The molecule has 192 valence electrons. The number of aliphatic carboxylic acids is 1. The molecule has 3 rings (SSSR count). The fourth-order valence-corrected chi connectivity index (χ4v) is 5.36. The minimum Gasteiger partial charge on any atom is -0.493 e. The first-order valence-electron chi connectivity index (χ1n) is 12.9. The first-order chi connectivity index (χ1) is 16.8. The summed E-state index contributed by atoms with van der Waals surface area (Å²) in [7, 11) is 0. The van der Waals surface area contributed by atoms with E-state index in [1.807, 2.05) is 25.1 Å². The smallest absolute Gasteiger partial charge is 0.338 e. The van der Waals surface area contributed by atoms with Crippen LogP contribution in [0.1, 0.15) is 83.1 Å². The molecular formula is C29H37F3O3. The van der Waals surface area contributed by atoms with Crippen molar-refractivity contribution < 1.29 is 27.8 Å². The molecule has 0 spiro atoms. The third kappa shape index (κ3) is 7.02. The summed E-state index contributed by atoms with van der Waals surface area (Å²) < 4.78 is 48.4. The second-order valence-corrected chi connectivity index (χ2v) is 9.73. The third-order valence-electron chi connectivity index (χ3n) is 7.46. The van der Waals surface area contributed by atoms with Gasteiger partial charge in [0.05, 0.1) is 6.61 Å². The number of hydrogen-bond donors (Lipinski definition) is 1. The van der Waals surface area contributed by atoms with Crippen molar-refractivity contribution in [1.29, 1.82) is 0 Å². The molecular weight excluding hydrogens is 453 g/mol. The molecule has 1 aliphatic carbocycles. The topological polar surface area (TPSA) is 46.5 Å². The van der Waals surface area contributed by atoms with E-state index in [9.17, 15) is 18.0 Å². The number of alkyl halides is 1. The molecule has 1 fully saturated rings. The average molecular weight is 491 g/mol. The minimum atomic E-state index is -1.80. The molecule has 0 aliphatic heterocycles. The first-order valence-corrected chi connectivity index (χ1v) is 12.9. The predicted octanol–water partition coefficient (Wildman–Crippen LogP) is 8.31. The number of unbranched alkanes of at least 4 members (excludes halogenated alkanes) is 2. The number of halogens is 3. The molecule has 0 aromatic heterocycles. The van der Waals surface area contributed by atoms with Crippen LogP contribution in [0.5, 0.6) is 5.75 Å². The number of carbonyl (C=O) groups is 1. The van der Waals surface area contributed by atoms with Crippen molar-refractivity contribution in [2.24, 2.45) is 11.8 Å². The third-order valence-corrected chi connectivity index (χ3v) is 7.46. The van der Waals surface area contributed by atoms with E-state index >= 15 is 0 Å². The molecule has 2 aromatic carbocycles. The van der Waals surface area contributed by atoms with Crippen molar-refractivity contribution in [1.82, 2.24) is 0 Å². The highest BCUT2D eigenvalue weighted by molar-refractivity contribution is 5.72. The molecule has 6 heteroatoms. The highest BCUT2D eigenvalue weighted by Crippen LogP contribution is 2.43. The molecule has 1 N–H and O–H groups in total. The highest BCUT2D eigenvalue weighted by Gasteiger charge is 2.31. The second-order valence-electron chi connectivity index (χ2n) is 9.73. The highest BCUT2D eigenvalue weighted by atomic mass is 19.2. The van der Waals surface area contributed by atoms with Gasteiger partial charge in [-0.25, -0.2) is 18.0 Å². The Morgan fingerprint density at radius 1 is 1.06 bits per heavy atom. The lowest BCUT2D eigenvalue weighted by Gasteiger charge is -2.34. The van der Waals surface area contributed by atoms with Crippen molar-refractivity contribution in [3.05, 3.63) is 53.6 Å². The Bertz CT molecular complexity index is 970. The van der Waals surface area contributed by atoms with E-state index in [1.165, 1.54) is 6.07 Å². The van der Waals surface area contributed by atoms with E-state index in [4.69, 9.17) is 9.84 Å². The zero-order valence-corrected chi connectivity index (χ0v) is 20.7. The summed E-state index contributed by atoms with van der Waals surface area (Å²) >= 11 is 0. The van der Waals surface area contributed by atoms with Gasteiger partial charge in [0.1, 0.15) is 5.75 Å². The van der Waals surface area contributed by atoms with Crippen LogP contribution in [0, 0.1) is 23.5 Å². The maximum atomic E-state index is 14.6. The van der Waals surface area contributed by atoms with Gasteiger partial charge in [-0.2, -0.15) is 0 Å². The maximum absolute atomic E-state index is 14.6. The van der Waals surface area contributed by atoms with E-state index in [1.54, 1.807) is 6.07 Å². The van der Waals surface area contributed by atoms with Gasteiger partial charge < -0.3 is 9.84 Å². The van der Waals surface area contributed by atoms with E-state index in [2.05, 4.69) is 6.92 Å². The van der Waals surface area contributed by atoms with Crippen LogP contribution in [0.25, 0.3) is 11.1 Å². The van der Waals surface area contributed by atoms with E-state index in [-0.39, 0.29) is 17.9 Å². The van der Waals surface area contributed by atoms with Crippen LogP contribution < -0.4 is 4.74 Å². The van der Waals surface area contributed by atoms with Crippen molar-refractivity contribution >= 4 is 5.97 Å². The Balaban J connectivity index is 1.76. The van der Waals surface area contributed by atoms with Gasteiger partial charge in [0.15, 0.2) is 17.8 Å². The van der Waals surface area contributed by atoms with Crippen LogP contribution in [0.4, 0.5) is 13.2 Å². The van der Waals surface area contributed by atoms with Crippen LogP contribution in [0.15, 0.2) is 36.4 Å². The van der Waals surface area contributed by atoms with Gasteiger partial charge in [-0.05, 0) is 74.0 Å². The van der Waals surface area contributed by atoms with Crippen LogP contribution in [0.3, 0.4) is 0 Å². The van der Waals surface area contributed by atoms with Gasteiger partial charge in [-0.1, -0.05) is 57.4 Å². The SMILES string of the molecule is CCCCCOc1cc([C@H]2CC[C@H](C(CC)C[C@H](F)C(=O)O)CC2)ccc1-c1cccc(F)c1F. The van der Waals surface area contributed by atoms with Crippen LogP contribution in [0.2, 0.25) is 0 Å². The predicted molar refractivity (Wildman–Crippen MR) is 132 cm³/mol. The van der Waals surface area contributed by atoms with Crippen molar-refractivity contribution in [2.75, 3.05) is 6.61 Å². The quantitative estimate of drug-likeness (QED) is 0.304. The summed E-state index contributed by atoms with van der Waals surface area (Å²) in [5.41, 5.74) is 1.84. The van der Waals surface area contributed by atoms with Crippen molar-refractivity contribution in [3.63, 3.8) is 0 Å². The number of ether oxygens (including phenoxy) is 1. The molecule has 0 bridgehead atoms.